The van der Waals surface area contributed by atoms with E-state index in [0.29, 0.717) is 19.8 Å². The zero-order valence-electron chi connectivity index (χ0n) is 17.8. The van der Waals surface area contributed by atoms with Crippen LogP contribution in [0.1, 0.15) is 35.6 Å². The minimum absolute atomic E-state index is 0.0665. The zero-order chi connectivity index (χ0) is 20.6. The molecule has 0 N–H and O–H groups in total. The van der Waals surface area contributed by atoms with Gasteiger partial charge >= 0.3 is 0 Å². The molecule has 0 bridgehead atoms. The van der Waals surface area contributed by atoms with Crippen molar-refractivity contribution in [3.8, 4) is 0 Å². The lowest BCUT2D eigenvalue weighted by molar-refractivity contribution is -0.166. The summed E-state index contributed by atoms with van der Waals surface area (Å²) in [5.74, 6) is 0. The van der Waals surface area contributed by atoms with Crippen molar-refractivity contribution in [3.63, 3.8) is 0 Å². The summed E-state index contributed by atoms with van der Waals surface area (Å²) in [6.45, 7) is 5.72. The average Bonchev–Trinajstić information content (AvgIpc) is 3.09. The van der Waals surface area contributed by atoms with Gasteiger partial charge in [-0.3, -0.25) is 0 Å². The van der Waals surface area contributed by atoms with E-state index in [9.17, 15) is 0 Å². The minimum Gasteiger partial charge on any atom is -0.380 e. The number of ether oxygens (including phenoxy) is 5. The molecule has 2 aromatic rings. The first-order valence-corrected chi connectivity index (χ1v) is 10.2. The summed E-state index contributed by atoms with van der Waals surface area (Å²) in [5, 5.41) is 0. The van der Waals surface area contributed by atoms with Gasteiger partial charge in [0, 0.05) is 14.2 Å². The highest BCUT2D eigenvalue weighted by molar-refractivity contribution is 5.26. The van der Waals surface area contributed by atoms with Crippen molar-refractivity contribution in [2.24, 2.45) is 0 Å². The van der Waals surface area contributed by atoms with Gasteiger partial charge in [0.2, 0.25) is 0 Å². The molecule has 0 aliphatic carbocycles. The van der Waals surface area contributed by atoms with E-state index in [1.165, 1.54) is 11.1 Å². The Hall–Kier alpha value is -1.76. The molecule has 5 nitrogen and oxygen atoms in total. The van der Waals surface area contributed by atoms with Crippen molar-refractivity contribution in [3.05, 3.63) is 70.8 Å². The maximum Gasteiger partial charge on any atom is 0.186 e. The van der Waals surface area contributed by atoms with E-state index >= 15 is 0 Å². The molecule has 0 radical (unpaired) electrons. The number of rotatable bonds is 10. The van der Waals surface area contributed by atoms with E-state index in [0.717, 1.165) is 17.5 Å². The first kappa shape index (κ1) is 21.9. The van der Waals surface area contributed by atoms with Gasteiger partial charge in [0.05, 0.1) is 25.9 Å². The van der Waals surface area contributed by atoms with Gasteiger partial charge in [0.25, 0.3) is 0 Å². The van der Waals surface area contributed by atoms with Crippen molar-refractivity contribution >= 4 is 0 Å². The molecule has 0 amide bonds. The molecule has 1 aliphatic rings. The fraction of sp³-hybridized carbons (Fsp3) is 0.500. The third-order valence-corrected chi connectivity index (χ3v) is 5.44. The molecular formula is C24H32O5. The highest BCUT2D eigenvalue weighted by Crippen LogP contribution is 2.31. The number of hydrogen-bond acceptors (Lipinski definition) is 5. The van der Waals surface area contributed by atoms with Gasteiger partial charge in [-0.15, -0.1) is 0 Å². The van der Waals surface area contributed by atoms with Gasteiger partial charge in [0.15, 0.2) is 6.29 Å². The van der Waals surface area contributed by atoms with Crippen LogP contribution in [0, 0.1) is 6.92 Å². The molecule has 1 heterocycles. The summed E-state index contributed by atoms with van der Waals surface area (Å²) in [6.07, 6.45) is -0.179. The summed E-state index contributed by atoms with van der Waals surface area (Å²) in [4.78, 5) is 0. The van der Waals surface area contributed by atoms with Crippen molar-refractivity contribution in [2.45, 2.75) is 64.7 Å². The second kappa shape index (κ2) is 10.9. The number of hydrogen-bond donors (Lipinski definition) is 0. The van der Waals surface area contributed by atoms with Crippen LogP contribution < -0.4 is 0 Å². The minimum atomic E-state index is -0.448. The van der Waals surface area contributed by atoms with E-state index in [-0.39, 0.29) is 18.3 Å². The topological polar surface area (TPSA) is 46.2 Å². The van der Waals surface area contributed by atoms with Crippen molar-refractivity contribution in [2.75, 3.05) is 14.2 Å². The maximum atomic E-state index is 6.33. The molecule has 3 rings (SSSR count). The van der Waals surface area contributed by atoms with Gasteiger partial charge in [-0.1, -0.05) is 55.5 Å². The largest absolute Gasteiger partial charge is 0.380 e. The third-order valence-electron chi connectivity index (χ3n) is 5.44. The van der Waals surface area contributed by atoms with E-state index in [2.05, 4.69) is 38.1 Å². The molecule has 1 unspecified atom stereocenters. The quantitative estimate of drug-likeness (QED) is 0.592. The number of benzene rings is 2. The second-order valence-electron chi connectivity index (χ2n) is 7.37. The highest BCUT2D eigenvalue weighted by Gasteiger charge is 2.45. The van der Waals surface area contributed by atoms with Crippen molar-refractivity contribution in [1.29, 1.82) is 0 Å². The van der Waals surface area contributed by atoms with Gasteiger partial charge in [-0.25, -0.2) is 0 Å². The second-order valence-corrected chi connectivity index (χ2v) is 7.37. The highest BCUT2D eigenvalue weighted by atomic mass is 16.7. The van der Waals surface area contributed by atoms with Crippen LogP contribution in [0.2, 0.25) is 0 Å². The van der Waals surface area contributed by atoms with E-state index in [1.54, 1.807) is 14.2 Å². The predicted octanol–water partition coefficient (Wildman–Crippen LogP) is 4.39. The molecular weight excluding hydrogens is 368 g/mol. The lowest BCUT2D eigenvalue weighted by Gasteiger charge is -2.25. The van der Waals surface area contributed by atoms with Crippen LogP contribution in [-0.4, -0.2) is 38.8 Å². The Morgan fingerprint density at radius 2 is 1.38 bits per heavy atom. The summed E-state index contributed by atoms with van der Waals surface area (Å²) in [6, 6.07) is 16.4. The summed E-state index contributed by atoms with van der Waals surface area (Å²) in [7, 11) is 3.35. The Balaban J connectivity index is 1.71. The molecule has 4 atom stereocenters. The fourth-order valence-electron chi connectivity index (χ4n) is 3.73. The zero-order valence-corrected chi connectivity index (χ0v) is 17.8. The first-order valence-electron chi connectivity index (χ1n) is 10.2. The van der Waals surface area contributed by atoms with Gasteiger partial charge in [-0.05, 0) is 35.6 Å². The van der Waals surface area contributed by atoms with Crippen LogP contribution >= 0.6 is 0 Å². The van der Waals surface area contributed by atoms with Crippen LogP contribution in [0.5, 0.6) is 0 Å². The maximum absolute atomic E-state index is 6.33. The molecule has 2 aromatic carbocycles. The standard InChI is InChI=1S/C24H32O5/c1-5-21-22(27-15-18-11-7-6-10-17(18)2)23(24(26-4)29-21)28-16-20-13-9-8-12-19(20)14-25-3/h6-13,21-24H,5,14-16H2,1-4H3/t21-,22+,23-,24?/m1/s1. The normalized spacial score (nSPS) is 24.1. The predicted molar refractivity (Wildman–Crippen MR) is 111 cm³/mol. The van der Waals surface area contributed by atoms with Gasteiger partial charge < -0.3 is 23.7 Å². The number of aryl methyl sites for hydroxylation is 1. The van der Waals surface area contributed by atoms with Crippen LogP contribution in [0.25, 0.3) is 0 Å². The van der Waals surface area contributed by atoms with Crippen LogP contribution in [0.15, 0.2) is 48.5 Å². The Labute approximate surface area is 173 Å². The van der Waals surface area contributed by atoms with Crippen LogP contribution in [0.3, 0.4) is 0 Å². The monoisotopic (exact) mass is 400 g/mol. The average molecular weight is 401 g/mol. The molecule has 0 saturated carbocycles. The van der Waals surface area contributed by atoms with E-state index < -0.39 is 6.29 Å². The summed E-state index contributed by atoms with van der Waals surface area (Å²) in [5.41, 5.74) is 4.61. The first-order chi connectivity index (χ1) is 14.2. The lowest BCUT2D eigenvalue weighted by atomic mass is 10.1. The molecule has 1 aliphatic heterocycles. The molecule has 1 saturated heterocycles. The van der Waals surface area contributed by atoms with Gasteiger partial charge in [0.1, 0.15) is 12.2 Å². The Kier molecular flexibility index (Phi) is 8.21. The van der Waals surface area contributed by atoms with Crippen LogP contribution in [0.4, 0.5) is 0 Å². The smallest absolute Gasteiger partial charge is 0.186 e. The Morgan fingerprint density at radius 1 is 0.793 bits per heavy atom. The Morgan fingerprint density at radius 3 is 2.00 bits per heavy atom. The summed E-state index contributed by atoms with van der Waals surface area (Å²) < 4.78 is 29.6. The van der Waals surface area contributed by atoms with Crippen LogP contribution in [-0.2, 0) is 43.5 Å². The van der Waals surface area contributed by atoms with E-state index in [4.69, 9.17) is 23.7 Å². The fourth-order valence-corrected chi connectivity index (χ4v) is 3.73. The third kappa shape index (κ3) is 5.44. The molecule has 0 spiro atoms. The molecule has 5 heteroatoms. The summed E-state index contributed by atoms with van der Waals surface area (Å²) >= 11 is 0. The lowest BCUT2D eigenvalue weighted by Crippen LogP contribution is -2.38. The van der Waals surface area contributed by atoms with E-state index in [1.807, 2.05) is 24.3 Å². The number of methoxy groups -OCH3 is 2. The van der Waals surface area contributed by atoms with Gasteiger partial charge in [-0.2, -0.15) is 0 Å². The van der Waals surface area contributed by atoms with Crippen molar-refractivity contribution in [1.82, 2.24) is 0 Å². The van der Waals surface area contributed by atoms with Crippen molar-refractivity contribution < 1.29 is 23.7 Å². The molecule has 29 heavy (non-hydrogen) atoms. The molecule has 1 fully saturated rings. The SMILES string of the molecule is CC[C@H]1OC(OC)[C@H](OCc2ccccc2COC)[C@H]1OCc1ccccc1C. The molecule has 0 aromatic heterocycles. The molecule has 158 valence electrons. The Bertz CT molecular complexity index is 762.